The Bertz CT molecular complexity index is 764. The van der Waals surface area contributed by atoms with E-state index in [9.17, 15) is 8.42 Å². The van der Waals surface area contributed by atoms with Crippen LogP contribution in [0, 0.1) is 0 Å². The van der Waals surface area contributed by atoms with Gasteiger partial charge in [0.25, 0.3) is 0 Å². The quantitative estimate of drug-likeness (QED) is 0.865. The fourth-order valence-corrected chi connectivity index (χ4v) is 4.68. The topological polar surface area (TPSA) is 46.2 Å². The van der Waals surface area contributed by atoms with Gasteiger partial charge in [-0.2, -0.15) is 0 Å². The van der Waals surface area contributed by atoms with Gasteiger partial charge in [-0.15, -0.1) is 0 Å². The van der Waals surface area contributed by atoms with Crippen LogP contribution in [0.4, 0.5) is 0 Å². The molecule has 1 fully saturated rings. The van der Waals surface area contributed by atoms with Crippen LogP contribution in [0.1, 0.15) is 17.9 Å². The van der Waals surface area contributed by atoms with Gasteiger partial charge < -0.3 is 0 Å². The van der Waals surface area contributed by atoms with Crippen molar-refractivity contribution in [3.05, 3.63) is 63.6 Å². The molecule has 3 nitrogen and oxygen atoms in total. The Morgan fingerprint density at radius 2 is 1.86 bits per heavy atom. The normalized spacial score (nSPS) is 21.2. The highest BCUT2D eigenvalue weighted by atomic mass is 79.9. The lowest BCUT2D eigenvalue weighted by Gasteiger charge is -2.08. The van der Waals surface area contributed by atoms with Gasteiger partial charge in [0.05, 0.1) is 5.02 Å². The summed E-state index contributed by atoms with van der Waals surface area (Å²) in [7, 11) is -3.59. The van der Waals surface area contributed by atoms with Crippen molar-refractivity contribution < 1.29 is 8.42 Å². The molecule has 1 saturated carbocycles. The molecule has 0 aromatic heterocycles. The number of benzene rings is 2. The molecule has 110 valence electrons. The summed E-state index contributed by atoms with van der Waals surface area (Å²) in [5.41, 5.74) is 1.16. The van der Waals surface area contributed by atoms with Crippen molar-refractivity contribution in [2.24, 2.45) is 0 Å². The van der Waals surface area contributed by atoms with Gasteiger partial charge in [0.2, 0.25) is 10.0 Å². The third kappa shape index (κ3) is 3.31. The molecule has 2 unspecified atom stereocenters. The summed E-state index contributed by atoms with van der Waals surface area (Å²) < 4.78 is 28.2. The van der Waals surface area contributed by atoms with Crippen molar-refractivity contribution in [2.75, 3.05) is 0 Å². The van der Waals surface area contributed by atoms with E-state index in [0.29, 0.717) is 0 Å². The summed E-state index contributed by atoms with van der Waals surface area (Å²) >= 11 is 9.29. The molecule has 1 N–H and O–H groups in total. The predicted molar refractivity (Wildman–Crippen MR) is 87.1 cm³/mol. The number of halogens is 2. The minimum atomic E-state index is -3.59. The molecule has 1 aliphatic rings. The predicted octanol–water partition coefficient (Wildman–Crippen LogP) is 3.94. The molecular weight excluding hydrogens is 374 g/mol. The second kappa shape index (κ2) is 5.72. The molecule has 3 rings (SSSR count). The van der Waals surface area contributed by atoms with Crippen LogP contribution in [0.3, 0.4) is 0 Å². The van der Waals surface area contributed by atoms with E-state index in [1.54, 1.807) is 12.1 Å². The monoisotopic (exact) mass is 385 g/mol. The lowest BCUT2D eigenvalue weighted by atomic mass is 10.1. The lowest BCUT2D eigenvalue weighted by molar-refractivity contribution is 0.580. The van der Waals surface area contributed by atoms with Crippen molar-refractivity contribution in [3.63, 3.8) is 0 Å². The number of sulfonamides is 1. The molecule has 6 heteroatoms. The van der Waals surface area contributed by atoms with Crippen molar-refractivity contribution in [1.29, 1.82) is 0 Å². The van der Waals surface area contributed by atoms with E-state index >= 15 is 0 Å². The molecule has 0 aliphatic heterocycles. The molecule has 0 heterocycles. The highest BCUT2D eigenvalue weighted by Crippen LogP contribution is 2.41. The Morgan fingerprint density at radius 1 is 1.14 bits per heavy atom. The first kappa shape index (κ1) is 15.0. The highest BCUT2D eigenvalue weighted by Gasteiger charge is 2.41. The number of hydrogen-bond acceptors (Lipinski definition) is 2. The van der Waals surface area contributed by atoms with Gasteiger partial charge in [0.1, 0.15) is 4.90 Å². The van der Waals surface area contributed by atoms with E-state index < -0.39 is 10.0 Å². The summed E-state index contributed by atoms with van der Waals surface area (Å²) in [5, 5.41) is 0.216. The maximum Gasteiger partial charge on any atom is 0.242 e. The maximum absolute atomic E-state index is 12.4. The summed E-state index contributed by atoms with van der Waals surface area (Å²) in [6.45, 7) is 0. The Balaban J connectivity index is 1.76. The first-order valence-corrected chi connectivity index (χ1v) is 9.15. The fourth-order valence-electron chi connectivity index (χ4n) is 2.35. The van der Waals surface area contributed by atoms with E-state index in [1.165, 1.54) is 6.07 Å². The number of hydrogen-bond donors (Lipinski definition) is 1. The van der Waals surface area contributed by atoms with Gasteiger partial charge in [-0.25, -0.2) is 13.1 Å². The average molecular weight is 387 g/mol. The van der Waals surface area contributed by atoms with Gasteiger partial charge in [-0.05, 0) is 30.2 Å². The van der Waals surface area contributed by atoms with E-state index in [-0.39, 0.29) is 21.9 Å². The second-order valence-electron chi connectivity index (χ2n) is 5.06. The van der Waals surface area contributed by atoms with Crippen LogP contribution >= 0.6 is 27.5 Å². The number of nitrogens with one attached hydrogen (secondary N) is 1. The molecule has 1 aliphatic carbocycles. The van der Waals surface area contributed by atoms with Gasteiger partial charge >= 0.3 is 0 Å². The molecule has 0 radical (unpaired) electrons. The summed E-state index contributed by atoms with van der Waals surface area (Å²) in [6.07, 6.45) is 0.817. The molecule has 0 saturated heterocycles. The smallest absolute Gasteiger partial charge is 0.207 e. The van der Waals surface area contributed by atoms with Gasteiger partial charge in [-0.1, -0.05) is 57.9 Å². The molecule has 21 heavy (non-hydrogen) atoms. The molecule has 0 amide bonds. The molecule has 0 spiro atoms. The maximum atomic E-state index is 12.4. The Kier molecular flexibility index (Phi) is 4.10. The van der Waals surface area contributed by atoms with E-state index in [0.717, 1.165) is 16.5 Å². The minimum absolute atomic E-state index is 0.0582. The van der Waals surface area contributed by atoms with Crippen LogP contribution in [0.15, 0.2) is 57.9 Å². The summed E-state index contributed by atoms with van der Waals surface area (Å²) in [4.78, 5) is 0.117. The van der Waals surface area contributed by atoms with E-state index in [2.05, 4.69) is 20.7 Å². The first-order valence-electron chi connectivity index (χ1n) is 6.50. The largest absolute Gasteiger partial charge is 0.242 e. The van der Waals surface area contributed by atoms with Crippen molar-refractivity contribution in [1.82, 2.24) is 4.72 Å². The van der Waals surface area contributed by atoms with Crippen LogP contribution in [-0.2, 0) is 10.0 Å². The fraction of sp³-hybridized carbons (Fsp3) is 0.200. The van der Waals surface area contributed by atoms with Crippen LogP contribution in [-0.4, -0.2) is 14.5 Å². The second-order valence-corrected chi connectivity index (χ2v) is 8.06. The minimum Gasteiger partial charge on any atom is -0.207 e. The van der Waals surface area contributed by atoms with Gasteiger partial charge in [0.15, 0.2) is 0 Å². The van der Waals surface area contributed by atoms with Gasteiger partial charge in [0, 0.05) is 16.4 Å². The van der Waals surface area contributed by atoms with Crippen LogP contribution in [0.2, 0.25) is 5.02 Å². The van der Waals surface area contributed by atoms with Crippen molar-refractivity contribution >= 4 is 37.6 Å². The first-order chi connectivity index (χ1) is 9.97. The van der Waals surface area contributed by atoms with Gasteiger partial charge in [-0.3, -0.25) is 0 Å². The van der Waals surface area contributed by atoms with Crippen LogP contribution in [0.25, 0.3) is 0 Å². The highest BCUT2D eigenvalue weighted by molar-refractivity contribution is 9.10. The molecule has 2 atom stereocenters. The third-order valence-corrected chi connectivity index (χ3v) is 5.97. The molecule has 2 aromatic carbocycles. The standard InChI is InChI=1S/C15H13BrClNO2S/c16-11-6-7-15(13(17)8-11)21(19,20)18-14-9-12(14)10-4-2-1-3-5-10/h1-8,12,14,18H,9H2. The Hall–Kier alpha value is -0.880. The average Bonchev–Trinajstić information content (AvgIpc) is 3.17. The number of rotatable bonds is 4. The van der Waals surface area contributed by atoms with Crippen molar-refractivity contribution in [3.8, 4) is 0 Å². The van der Waals surface area contributed by atoms with Crippen molar-refractivity contribution in [2.45, 2.75) is 23.3 Å². The molecular formula is C15H13BrClNO2S. The SMILES string of the molecule is O=S(=O)(NC1CC1c1ccccc1)c1ccc(Br)cc1Cl. The zero-order valence-electron chi connectivity index (χ0n) is 11.0. The molecule has 0 bridgehead atoms. The molecule has 2 aromatic rings. The Morgan fingerprint density at radius 3 is 2.52 bits per heavy atom. The zero-order chi connectivity index (χ0) is 15.0. The Labute approximate surface area is 137 Å². The summed E-state index contributed by atoms with van der Waals surface area (Å²) in [5.74, 6) is 0.246. The third-order valence-electron chi connectivity index (χ3n) is 3.51. The zero-order valence-corrected chi connectivity index (χ0v) is 14.1. The van der Waals surface area contributed by atoms with E-state index in [4.69, 9.17) is 11.6 Å². The van der Waals surface area contributed by atoms with Crippen LogP contribution in [0.5, 0.6) is 0 Å². The van der Waals surface area contributed by atoms with E-state index in [1.807, 2.05) is 30.3 Å². The lowest BCUT2D eigenvalue weighted by Crippen LogP contribution is -2.27. The summed E-state index contributed by atoms with van der Waals surface area (Å²) in [6, 6.07) is 14.6. The van der Waals surface area contributed by atoms with Crippen LogP contribution < -0.4 is 4.72 Å².